The Morgan fingerprint density at radius 3 is 2.32 bits per heavy atom. The second-order valence-electron chi connectivity index (χ2n) is 9.05. The van der Waals surface area contributed by atoms with Gasteiger partial charge in [0.25, 0.3) is 0 Å². The molecule has 0 amide bonds. The van der Waals surface area contributed by atoms with E-state index in [4.69, 9.17) is 24.0 Å². The highest BCUT2D eigenvalue weighted by molar-refractivity contribution is 6.01. The van der Waals surface area contributed by atoms with Crippen molar-refractivity contribution in [3.8, 4) is 23.0 Å². The molecule has 2 atom stereocenters. The fraction of sp³-hybridized carbons (Fsp3) is 0.194. The van der Waals surface area contributed by atoms with Crippen LogP contribution in [0.3, 0.4) is 0 Å². The minimum atomic E-state index is -0.452. The first-order chi connectivity index (χ1) is 18.2. The number of methoxy groups -OCH3 is 2. The Hall–Kier alpha value is -4.45. The van der Waals surface area contributed by atoms with Crippen LogP contribution >= 0.6 is 0 Å². The predicted octanol–water partition coefficient (Wildman–Crippen LogP) is 6.53. The summed E-state index contributed by atoms with van der Waals surface area (Å²) in [6, 6.07) is 32.3. The van der Waals surface area contributed by atoms with Crippen LogP contribution in [-0.2, 0) is 6.61 Å². The first-order valence-electron chi connectivity index (χ1n) is 12.3. The number of hydrogen-bond acceptors (Lipinski definition) is 6. The van der Waals surface area contributed by atoms with Crippen molar-refractivity contribution in [2.24, 2.45) is 5.10 Å². The van der Waals surface area contributed by atoms with Crippen molar-refractivity contribution in [3.05, 3.63) is 119 Å². The molecule has 0 saturated heterocycles. The topological polar surface area (TPSA) is 52.5 Å². The van der Waals surface area contributed by atoms with E-state index in [1.54, 1.807) is 14.2 Å². The van der Waals surface area contributed by atoms with E-state index in [0.29, 0.717) is 23.9 Å². The number of ether oxygens (including phenoxy) is 4. The SMILES string of the molecule is COc1cc([C@@H]2Oc3c(OC)cccc3[C@H]3CC(c4ccccc4)=NN32)ccc1OCc1ccccc1. The molecule has 0 aliphatic carbocycles. The first-order valence-corrected chi connectivity index (χ1v) is 12.3. The van der Waals surface area contributed by atoms with Crippen molar-refractivity contribution >= 4 is 5.71 Å². The predicted molar refractivity (Wildman–Crippen MR) is 142 cm³/mol. The lowest BCUT2D eigenvalue weighted by Crippen LogP contribution is -2.33. The van der Waals surface area contributed by atoms with Gasteiger partial charge < -0.3 is 18.9 Å². The monoisotopic (exact) mass is 492 g/mol. The van der Waals surface area contributed by atoms with Gasteiger partial charge in [-0.1, -0.05) is 72.8 Å². The second-order valence-corrected chi connectivity index (χ2v) is 9.05. The Labute approximate surface area is 216 Å². The van der Waals surface area contributed by atoms with Crippen LogP contribution in [0.1, 0.15) is 40.9 Å². The van der Waals surface area contributed by atoms with Gasteiger partial charge in [0.1, 0.15) is 6.61 Å². The minimum absolute atomic E-state index is 0.0269. The highest BCUT2D eigenvalue weighted by Gasteiger charge is 2.42. The maximum Gasteiger partial charge on any atom is 0.214 e. The Kier molecular flexibility index (Phi) is 6.15. The summed E-state index contributed by atoms with van der Waals surface area (Å²) in [6.45, 7) is 0.458. The molecule has 186 valence electrons. The molecule has 2 aliphatic rings. The van der Waals surface area contributed by atoms with Crippen LogP contribution in [0.5, 0.6) is 23.0 Å². The molecule has 2 aliphatic heterocycles. The summed E-state index contributed by atoms with van der Waals surface area (Å²) in [4.78, 5) is 0. The van der Waals surface area contributed by atoms with E-state index in [1.807, 2.05) is 78.9 Å². The fourth-order valence-electron chi connectivity index (χ4n) is 4.96. The highest BCUT2D eigenvalue weighted by Crippen LogP contribution is 2.51. The van der Waals surface area contributed by atoms with Crippen molar-refractivity contribution in [1.82, 2.24) is 5.01 Å². The maximum atomic E-state index is 6.60. The standard InChI is InChI=1S/C31H28N2O4/c1-34-28-15-9-14-24-26-19-25(22-12-7-4-8-13-22)32-33(26)31(37-30(24)28)23-16-17-27(29(18-23)35-2)36-20-21-10-5-3-6-11-21/h3-18,26,31H,19-20H2,1-2H3/t26-,31+/m1/s1. The number of hydrogen-bond donors (Lipinski definition) is 0. The molecule has 6 heteroatoms. The van der Waals surface area contributed by atoms with E-state index >= 15 is 0 Å². The summed E-state index contributed by atoms with van der Waals surface area (Å²) in [5, 5.41) is 7.12. The van der Waals surface area contributed by atoms with Gasteiger partial charge in [-0.15, -0.1) is 0 Å². The number of para-hydroxylation sites is 1. The van der Waals surface area contributed by atoms with Crippen LogP contribution in [0.2, 0.25) is 0 Å². The first kappa shape index (κ1) is 23.0. The molecule has 0 saturated carbocycles. The zero-order chi connectivity index (χ0) is 25.2. The van der Waals surface area contributed by atoms with E-state index in [1.165, 1.54) is 0 Å². The Morgan fingerprint density at radius 2 is 1.57 bits per heavy atom. The quantitative estimate of drug-likeness (QED) is 0.294. The van der Waals surface area contributed by atoms with Gasteiger partial charge in [-0.3, -0.25) is 0 Å². The number of benzene rings is 4. The lowest BCUT2D eigenvalue weighted by atomic mass is 9.95. The smallest absolute Gasteiger partial charge is 0.214 e. The second kappa shape index (κ2) is 9.90. The zero-order valence-electron chi connectivity index (χ0n) is 20.8. The van der Waals surface area contributed by atoms with Crippen LogP contribution < -0.4 is 18.9 Å². The van der Waals surface area contributed by atoms with Crippen LogP contribution in [0.25, 0.3) is 0 Å². The van der Waals surface area contributed by atoms with Gasteiger partial charge >= 0.3 is 0 Å². The van der Waals surface area contributed by atoms with Crippen LogP contribution in [0.4, 0.5) is 0 Å². The van der Waals surface area contributed by atoms with Gasteiger partial charge in [-0.05, 0) is 35.4 Å². The van der Waals surface area contributed by atoms with Gasteiger partial charge in [0.2, 0.25) is 6.23 Å². The summed E-state index contributed by atoms with van der Waals surface area (Å²) in [5.74, 6) is 2.79. The molecule has 0 N–H and O–H groups in total. The molecule has 0 aromatic heterocycles. The van der Waals surface area contributed by atoms with Crippen LogP contribution in [0, 0.1) is 0 Å². The van der Waals surface area contributed by atoms with Crippen molar-refractivity contribution in [3.63, 3.8) is 0 Å². The van der Waals surface area contributed by atoms with Crippen LogP contribution in [0.15, 0.2) is 102 Å². The lowest BCUT2D eigenvalue weighted by Gasteiger charge is -2.38. The fourth-order valence-corrected chi connectivity index (χ4v) is 4.96. The summed E-state index contributed by atoms with van der Waals surface area (Å²) in [7, 11) is 3.32. The largest absolute Gasteiger partial charge is 0.493 e. The van der Waals surface area contributed by atoms with Gasteiger partial charge in [0.15, 0.2) is 23.0 Å². The van der Waals surface area contributed by atoms with Crippen molar-refractivity contribution in [2.75, 3.05) is 14.2 Å². The molecule has 0 radical (unpaired) electrons. The third-order valence-electron chi connectivity index (χ3n) is 6.82. The Balaban J connectivity index is 1.36. The molecule has 4 aromatic carbocycles. The third kappa shape index (κ3) is 4.35. The zero-order valence-corrected chi connectivity index (χ0v) is 20.8. The molecular weight excluding hydrogens is 464 g/mol. The molecule has 6 nitrogen and oxygen atoms in total. The van der Waals surface area contributed by atoms with E-state index in [0.717, 1.165) is 40.1 Å². The number of fused-ring (bicyclic) bond motifs is 3. The normalized spacial score (nSPS) is 17.8. The Bertz CT molecular complexity index is 1420. The van der Waals surface area contributed by atoms with E-state index in [-0.39, 0.29) is 6.04 Å². The minimum Gasteiger partial charge on any atom is -0.493 e. The molecule has 0 spiro atoms. The van der Waals surface area contributed by atoms with Gasteiger partial charge in [0, 0.05) is 17.5 Å². The molecule has 37 heavy (non-hydrogen) atoms. The summed E-state index contributed by atoms with van der Waals surface area (Å²) >= 11 is 0. The molecule has 4 aromatic rings. The highest BCUT2D eigenvalue weighted by atomic mass is 16.5. The van der Waals surface area contributed by atoms with Crippen molar-refractivity contribution in [1.29, 1.82) is 0 Å². The van der Waals surface area contributed by atoms with Crippen molar-refractivity contribution in [2.45, 2.75) is 25.3 Å². The van der Waals surface area contributed by atoms with Crippen LogP contribution in [-0.4, -0.2) is 24.9 Å². The van der Waals surface area contributed by atoms with Gasteiger partial charge in [-0.25, -0.2) is 5.01 Å². The summed E-state index contributed by atoms with van der Waals surface area (Å²) in [6.07, 6.45) is 0.325. The number of hydrazone groups is 1. The molecule has 0 fully saturated rings. The summed E-state index contributed by atoms with van der Waals surface area (Å²) in [5.41, 5.74) is 5.23. The summed E-state index contributed by atoms with van der Waals surface area (Å²) < 4.78 is 24.1. The Morgan fingerprint density at radius 1 is 0.811 bits per heavy atom. The van der Waals surface area contributed by atoms with Gasteiger partial charge in [-0.2, -0.15) is 5.10 Å². The van der Waals surface area contributed by atoms with Gasteiger partial charge in [0.05, 0.1) is 26.0 Å². The average molecular weight is 493 g/mol. The maximum absolute atomic E-state index is 6.60. The van der Waals surface area contributed by atoms with E-state index in [9.17, 15) is 0 Å². The molecule has 6 rings (SSSR count). The average Bonchev–Trinajstić information content (AvgIpc) is 3.42. The molecular formula is C31H28N2O4. The van der Waals surface area contributed by atoms with E-state index < -0.39 is 6.23 Å². The lowest BCUT2D eigenvalue weighted by molar-refractivity contribution is -0.0210. The molecule has 0 bridgehead atoms. The number of nitrogens with zero attached hydrogens (tertiary/aromatic N) is 2. The molecule has 2 heterocycles. The molecule has 0 unspecified atom stereocenters. The van der Waals surface area contributed by atoms with E-state index in [2.05, 4.69) is 23.2 Å². The third-order valence-corrected chi connectivity index (χ3v) is 6.82. The number of rotatable bonds is 7. The van der Waals surface area contributed by atoms with Crippen molar-refractivity contribution < 1.29 is 18.9 Å².